The van der Waals surface area contributed by atoms with Crippen LogP contribution in [0.3, 0.4) is 0 Å². The van der Waals surface area contributed by atoms with E-state index in [2.05, 4.69) is 15.5 Å². The molecule has 82 valence electrons. The molecule has 5 nitrogen and oxygen atoms in total. The first kappa shape index (κ1) is 11.6. The number of nitrogens with one attached hydrogen (secondary N) is 1. The van der Waals surface area contributed by atoms with Gasteiger partial charge in [0.05, 0.1) is 18.3 Å². The van der Waals surface area contributed by atoms with Gasteiger partial charge in [0.15, 0.2) is 0 Å². The Morgan fingerprint density at radius 3 is 3.07 bits per heavy atom. The molecular formula is C10H15N3O2. The maximum atomic E-state index is 11.3. The van der Waals surface area contributed by atoms with E-state index < -0.39 is 6.10 Å². The van der Waals surface area contributed by atoms with Crippen molar-refractivity contribution in [3.8, 4) is 0 Å². The van der Waals surface area contributed by atoms with E-state index in [1.807, 2.05) is 0 Å². The smallest absolute Gasteiger partial charge is 0.220 e. The number of nitrogens with zero attached hydrogens (tertiary/aromatic N) is 2. The van der Waals surface area contributed by atoms with Crippen molar-refractivity contribution < 1.29 is 9.90 Å². The van der Waals surface area contributed by atoms with Gasteiger partial charge in [-0.1, -0.05) is 0 Å². The fourth-order valence-electron chi connectivity index (χ4n) is 1.05. The molecule has 0 radical (unpaired) electrons. The number of hydrogen-bond donors (Lipinski definition) is 2. The second-order valence-corrected chi connectivity index (χ2v) is 3.38. The third-order valence-corrected chi connectivity index (χ3v) is 1.88. The summed E-state index contributed by atoms with van der Waals surface area (Å²) < 4.78 is 0. The summed E-state index contributed by atoms with van der Waals surface area (Å²) in [7, 11) is 0. The fraction of sp³-hybridized carbons (Fsp3) is 0.500. The molecule has 1 unspecified atom stereocenters. The van der Waals surface area contributed by atoms with Gasteiger partial charge < -0.3 is 10.4 Å². The van der Waals surface area contributed by atoms with Crippen LogP contribution in [0.5, 0.6) is 0 Å². The minimum Gasteiger partial charge on any atom is -0.393 e. The van der Waals surface area contributed by atoms with Crippen LogP contribution in [-0.2, 0) is 11.3 Å². The van der Waals surface area contributed by atoms with Crippen molar-refractivity contribution in [2.24, 2.45) is 0 Å². The van der Waals surface area contributed by atoms with Gasteiger partial charge in [0.2, 0.25) is 5.91 Å². The van der Waals surface area contributed by atoms with Crippen LogP contribution < -0.4 is 5.32 Å². The van der Waals surface area contributed by atoms with Gasteiger partial charge in [0.1, 0.15) is 0 Å². The van der Waals surface area contributed by atoms with Crippen LogP contribution in [-0.4, -0.2) is 27.3 Å². The van der Waals surface area contributed by atoms with Gasteiger partial charge in [0.25, 0.3) is 0 Å². The molecule has 1 rings (SSSR count). The Kier molecular flexibility index (Phi) is 4.70. The topological polar surface area (TPSA) is 75.1 Å². The Bertz CT molecular complexity index is 301. The third kappa shape index (κ3) is 5.07. The Labute approximate surface area is 88.5 Å². The largest absolute Gasteiger partial charge is 0.393 e. The van der Waals surface area contributed by atoms with Crippen LogP contribution in [0.15, 0.2) is 18.3 Å². The van der Waals surface area contributed by atoms with E-state index in [-0.39, 0.29) is 5.91 Å². The first-order chi connectivity index (χ1) is 7.18. The van der Waals surface area contributed by atoms with Crippen LogP contribution in [0.2, 0.25) is 0 Å². The average Bonchev–Trinajstić information content (AvgIpc) is 2.25. The Balaban J connectivity index is 2.23. The van der Waals surface area contributed by atoms with Gasteiger partial charge in [0, 0.05) is 12.6 Å². The second-order valence-electron chi connectivity index (χ2n) is 3.38. The summed E-state index contributed by atoms with van der Waals surface area (Å²) >= 11 is 0. The molecular weight excluding hydrogens is 194 g/mol. The van der Waals surface area contributed by atoms with Crippen molar-refractivity contribution in [2.45, 2.75) is 32.4 Å². The molecule has 15 heavy (non-hydrogen) atoms. The number of rotatable bonds is 5. The Morgan fingerprint density at radius 2 is 2.47 bits per heavy atom. The number of carbonyl (C=O) groups is 1. The first-order valence-electron chi connectivity index (χ1n) is 4.90. The predicted octanol–water partition coefficient (Wildman–Crippen LogP) is 0.254. The molecule has 5 heteroatoms. The van der Waals surface area contributed by atoms with Crippen molar-refractivity contribution in [3.63, 3.8) is 0 Å². The molecule has 0 saturated carbocycles. The van der Waals surface area contributed by atoms with Crippen molar-refractivity contribution in [3.05, 3.63) is 24.0 Å². The maximum absolute atomic E-state index is 11.3. The number of aliphatic hydroxyl groups is 1. The lowest BCUT2D eigenvalue weighted by atomic mass is 10.2. The predicted molar refractivity (Wildman–Crippen MR) is 54.8 cm³/mol. The molecule has 0 aliphatic heterocycles. The standard InChI is InChI=1S/C10H15N3O2/c1-8(14)4-5-10(15)11-7-9-3-2-6-12-13-9/h2-3,6,8,14H,4-5,7H2,1H3,(H,11,15). The van der Waals surface area contributed by atoms with Crippen molar-refractivity contribution in [1.29, 1.82) is 0 Å². The normalized spacial score (nSPS) is 12.1. The third-order valence-electron chi connectivity index (χ3n) is 1.88. The van der Waals surface area contributed by atoms with Crippen molar-refractivity contribution >= 4 is 5.91 Å². The summed E-state index contributed by atoms with van der Waals surface area (Å²) in [4.78, 5) is 11.3. The van der Waals surface area contributed by atoms with E-state index in [0.717, 1.165) is 5.69 Å². The minimum atomic E-state index is -0.438. The van der Waals surface area contributed by atoms with E-state index in [1.165, 1.54) is 0 Å². The van der Waals surface area contributed by atoms with Gasteiger partial charge >= 0.3 is 0 Å². The lowest BCUT2D eigenvalue weighted by Crippen LogP contribution is -2.24. The summed E-state index contributed by atoms with van der Waals surface area (Å²) in [6, 6.07) is 3.56. The zero-order valence-electron chi connectivity index (χ0n) is 8.68. The molecule has 0 spiro atoms. The molecule has 1 atom stereocenters. The summed E-state index contributed by atoms with van der Waals surface area (Å²) in [6.45, 7) is 2.04. The lowest BCUT2D eigenvalue weighted by Gasteiger charge is -2.05. The fourth-order valence-corrected chi connectivity index (χ4v) is 1.05. The average molecular weight is 209 g/mol. The molecule has 0 saturated heterocycles. The number of carbonyl (C=O) groups excluding carboxylic acids is 1. The van der Waals surface area contributed by atoms with Crippen molar-refractivity contribution in [2.75, 3.05) is 0 Å². The Morgan fingerprint density at radius 1 is 1.67 bits per heavy atom. The lowest BCUT2D eigenvalue weighted by molar-refractivity contribution is -0.121. The van der Waals surface area contributed by atoms with Gasteiger partial charge in [-0.25, -0.2) is 0 Å². The van der Waals surface area contributed by atoms with Crippen molar-refractivity contribution in [1.82, 2.24) is 15.5 Å². The number of hydrogen-bond acceptors (Lipinski definition) is 4. The van der Waals surface area contributed by atoms with E-state index >= 15 is 0 Å². The van der Waals surface area contributed by atoms with E-state index in [1.54, 1.807) is 25.3 Å². The molecule has 0 fully saturated rings. The number of aliphatic hydroxyl groups excluding tert-OH is 1. The first-order valence-corrected chi connectivity index (χ1v) is 4.90. The number of amides is 1. The van der Waals surface area contributed by atoms with E-state index in [4.69, 9.17) is 5.11 Å². The molecule has 0 bridgehead atoms. The van der Waals surface area contributed by atoms with Gasteiger partial charge in [-0.15, -0.1) is 0 Å². The van der Waals surface area contributed by atoms with E-state index in [9.17, 15) is 4.79 Å². The highest BCUT2D eigenvalue weighted by atomic mass is 16.3. The molecule has 0 aromatic carbocycles. The molecule has 2 N–H and O–H groups in total. The summed E-state index contributed by atoms with van der Waals surface area (Å²) in [5.41, 5.74) is 0.725. The molecule has 1 aromatic rings. The number of aromatic nitrogens is 2. The highest BCUT2D eigenvalue weighted by Crippen LogP contribution is 1.96. The van der Waals surface area contributed by atoms with Crippen LogP contribution in [0.1, 0.15) is 25.5 Å². The molecule has 1 amide bonds. The molecule has 0 aliphatic rings. The molecule has 1 aromatic heterocycles. The molecule has 1 heterocycles. The van der Waals surface area contributed by atoms with Gasteiger partial charge in [-0.3, -0.25) is 4.79 Å². The second kappa shape index (κ2) is 6.08. The quantitative estimate of drug-likeness (QED) is 0.729. The molecule has 0 aliphatic carbocycles. The highest BCUT2D eigenvalue weighted by Gasteiger charge is 2.04. The van der Waals surface area contributed by atoms with Crippen LogP contribution in [0, 0.1) is 0 Å². The van der Waals surface area contributed by atoms with Crippen LogP contribution in [0.25, 0.3) is 0 Å². The van der Waals surface area contributed by atoms with Crippen LogP contribution in [0.4, 0.5) is 0 Å². The zero-order valence-corrected chi connectivity index (χ0v) is 8.68. The highest BCUT2D eigenvalue weighted by molar-refractivity contribution is 5.75. The Hall–Kier alpha value is -1.49. The van der Waals surface area contributed by atoms with Gasteiger partial charge in [-0.2, -0.15) is 10.2 Å². The summed E-state index contributed by atoms with van der Waals surface area (Å²) in [5, 5.41) is 19.2. The SMILES string of the molecule is CC(O)CCC(=O)NCc1cccnn1. The minimum absolute atomic E-state index is 0.0819. The van der Waals surface area contributed by atoms with Gasteiger partial charge in [-0.05, 0) is 25.5 Å². The summed E-state index contributed by atoms with van der Waals surface area (Å²) in [6.07, 6.45) is 1.95. The monoisotopic (exact) mass is 209 g/mol. The maximum Gasteiger partial charge on any atom is 0.220 e. The zero-order chi connectivity index (χ0) is 11.1. The van der Waals surface area contributed by atoms with E-state index in [0.29, 0.717) is 19.4 Å². The van der Waals surface area contributed by atoms with Crippen LogP contribution >= 0.6 is 0 Å². The summed E-state index contributed by atoms with van der Waals surface area (Å²) in [5.74, 6) is -0.0819.